The quantitative estimate of drug-likeness (QED) is 0.0769. The first-order valence-corrected chi connectivity index (χ1v) is 44.9. The third-order valence-corrected chi connectivity index (χ3v) is 27.9. The van der Waals surface area contributed by atoms with E-state index in [0.717, 1.165) is 243 Å². The number of para-hydroxylation sites is 4. The fourth-order valence-corrected chi connectivity index (χ4v) is 20.2. The molecule has 8 aliphatic heterocycles. The Kier molecular flexibility index (Phi) is 26.0. The number of benzene rings is 4. The van der Waals surface area contributed by atoms with Crippen LogP contribution in [0, 0.1) is 27.7 Å². The van der Waals surface area contributed by atoms with Crippen LogP contribution in [0.3, 0.4) is 0 Å². The highest BCUT2D eigenvalue weighted by Crippen LogP contribution is 2.47. The molecule has 8 aromatic heterocycles. The molecule has 0 bridgehead atoms. The first-order chi connectivity index (χ1) is 59.2. The van der Waals surface area contributed by atoms with E-state index >= 15 is 0 Å². The zero-order valence-electron chi connectivity index (χ0n) is 73.1. The van der Waals surface area contributed by atoms with Crippen molar-refractivity contribution in [2.24, 2.45) is 0 Å². The Morgan fingerprint density at radius 1 is 0.320 bits per heavy atom. The van der Waals surface area contributed by atoms with Crippen molar-refractivity contribution < 1.29 is 8.78 Å². The van der Waals surface area contributed by atoms with Gasteiger partial charge in [0, 0.05) is 147 Å². The van der Waals surface area contributed by atoms with Crippen LogP contribution in [0.15, 0.2) is 140 Å². The molecule has 16 heterocycles. The number of rotatable bonds is 12. The summed E-state index contributed by atoms with van der Waals surface area (Å²) < 4.78 is 29.8. The molecule has 644 valence electrons. The average Bonchev–Trinajstić information content (AvgIpc) is 1.65. The number of likely N-dealkylation sites (N-methyl/N-ethyl adjacent to an activating group) is 4. The van der Waals surface area contributed by atoms with Gasteiger partial charge in [-0.15, -0.1) is 0 Å². The normalized spacial score (nSPS) is 24.8. The molecule has 0 aliphatic carbocycles. The van der Waals surface area contributed by atoms with Gasteiger partial charge in [0.15, 0.2) is 0 Å². The van der Waals surface area contributed by atoms with E-state index in [1.54, 1.807) is 12.4 Å². The summed E-state index contributed by atoms with van der Waals surface area (Å²) in [5, 5.41) is 4.61. The summed E-state index contributed by atoms with van der Waals surface area (Å²) in [6.45, 7) is 25.1. The van der Waals surface area contributed by atoms with Crippen molar-refractivity contribution in [1.82, 2.24) is 99.4 Å². The number of halogens is 3. The van der Waals surface area contributed by atoms with Gasteiger partial charge < -0.3 is 59.1 Å². The van der Waals surface area contributed by atoms with Crippen LogP contribution in [0.2, 0.25) is 5.02 Å². The highest BCUT2D eigenvalue weighted by atomic mass is 35.5. The fourth-order valence-electron chi connectivity index (χ4n) is 20.0. The molecule has 122 heavy (non-hydrogen) atoms. The van der Waals surface area contributed by atoms with Gasteiger partial charge in [0.25, 0.3) is 0 Å². The van der Waals surface area contributed by atoms with E-state index in [1.807, 2.05) is 36.7 Å². The summed E-state index contributed by atoms with van der Waals surface area (Å²) in [5.74, 6) is 3.81. The molecule has 0 spiro atoms. The minimum atomic E-state index is -0.877. The van der Waals surface area contributed by atoms with Crippen molar-refractivity contribution in [3.8, 4) is 0 Å². The van der Waals surface area contributed by atoms with E-state index in [1.165, 1.54) is 40.4 Å². The van der Waals surface area contributed by atoms with Gasteiger partial charge in [0.2, 0.25) is 0 Å². The molecule has 5 N–H and O–H groups in total. The lowest BCUT2D eigenvalue weighted by Gasteiger charge is -2.40. The van der Waals surface area contributed by atoms with E-state index in [-0.39, 0.29) is 42.3 Å². The van der Waals surface area contributed by atoms with Crippen molar-refractivity contribution >= 4 is 78.5 Å². The Morgan fingerprint density at radius 3 is 1.03 bits per heavy atom. The number of hydrogen-bond acceptors (Lipinski definition) is 20. The number of aryl methyl sites for hydroxylation is 3. The number of nitrogens with one attached hydrogen (secondary N) is 5. The van der Waals surface area contributed by atoms with Crippen molar-refractivity contribution in [2.45, 2.75) is 153 Å². The average molecular weight is 1670 g/mol. The molecular formula is C95H123ClF2N24. The van der Waals surface area contributed by atoms with E-state index < -0.39 is 12.3 Å². The lowest BCUT2D eigenvalue weighted by molar-refractivity contribution is 0.0516. The Morgan fingerprint density at radius 2 is 0.639 bits per heavy atom. The van der Waals surface area contributed by atoms with E-state index in [4.69, 9.17) is 36.5 Å². The number of nitrogens with zero attached hydrogens (tertiary/aromatic N) is 19. The number of piperidine rings is 4. The molecule has 0 amide bonds. The molecule has 8 aliphatic rings. The molecule has 10 atom stereocenters. The highest BCUT2D eigenvalue weighted by molar-refractivity contribution is 6.31. The van der Waals surface area contributed by atoms with E-state index in [2.05, 4.69) is 262 Å². The number of fused-ring (bicyclic) bond motifs is 4. The number of pyridine rings is 4. The number of piperazine rings is 4. The second-order valence-corrected chi connectivity index (χ2v) is 36.0. The molecule has 0 unspecified atom stereocenters. The maximum Gasteiger partial charge on any atom is 0.124 e. The summed E-state index contributed by atoms with van der Waals surface area (Å²) in [4.78, 5) is 79.3. The van der Waals surface area contributed by atoms with Gasteiger partial charge in [-0.3, -0.25) is 40.0 Å². The number of aromatic amines is 4. The SMILES string of the molecule is Cc1c(Cl)ccnc1[C@@H]1CCC[C@H](c2nc3c(N4CCN(C)CC4)cccc3[nH]2)N1C.Cc1cccnc1[C@@H]1CCC[C@H](c2nc3c(N4CCN(C)CC4)cccc3[nH]2)N1.Cc1cccnc1[C@@H]1C[C@@H](F)C[C@H](c2nc3c(N4CCN(C)CC4)cccc3[nH]2)N1C.Cc1cccnc1[C@@H]1C[C@H](F)C[C@H](c2nc3c(N4CCN(C)CC4)cccc3[nH]2)N1C. The second kappa shape index (κ2) is 37.4. The summed E-state index contributed by atoms with van der Waals surface area (Å²) in [5.41, 5.74) is 22.1. The zero-order chi connectivity index (χ0) is 84.4. The lowest BCUT2D eigenvalue weighted by atomic mass is 9.90. The molecule has 20 rings (SSSR count). The molecular weight excluding hydrogens is 1550 g/mol. The number of hydrogen-bond donors (Lipinski definition) is 5. The van der Waals surface area contributed by atoms with Crippen LogP contribution in [-0.2, 0) is 0 Å². The van der Waals surface area contributed by atoms with Gasteiger partial charge in [0.1, 0.15) is 57.7 Å². The molecule has 0 radical (unpaired) electrons. The van der Waals surface area contributed by atoms with E-state index in [0.29, 0.717) is 31.7 Å². The first-order valence-electron chi connectivity index (χ1n) is 44.5. The third-order valence-electron chi connectivity index (χ3n) is 27.5. The Hall–Kier alpha value is -9.61. The van der Waals surface area contributed by atoms with Crippen LogP contribution in [-0.4, -0.2) is 261 Å². The predicted molar refractivity (Wildman–Crippen MR) is 488 cm³/mol. The second-order valence-electron chi connectivity index (χ2n) is 35.6. The largest absolute Gasteiger partial charge is 0.367 e. The van der Waals surface area contributed by atoms with Crippen molar-refractivity contribution in [3.63, 3.8) is 0 Å². The van der Waals surface area contributed by atoms with Gasteiger partial charge in [-0.2, -0.15) is 0 Å². The third kappa shape index (κ3) is 18.2. The van der Waals surface area contributed by atoms with Gasteiger partial charge in [-0.05, 0) is 223 Å². The number of H-pyrrole nitrogens is 4. The van der Waals surface area contributed by atoms with Crippen molar-refractivity contribution in [3.05, 3.63) is 213 Å². The number of aromatic nitrogens is 12. The number of anilines is 4. The first kappa shape index (κ1) is 84.6. The van der Waals surface area contributed by atoms with Crippen LogP contribution in [0.25, 0.3) is 44.1 Å². The highest BCUT2D eigenvalue weighted by Gasteiger charge is 2.41. The maximum atomic E-state index is 14.9. The van der Waals surface area contributed by atoms with Crippen molar-refractivity contribution in [1.29, 1.82) is 0 Å². The van der Waals surface area contributed by atoms with Gasteiger partial charge in [-0.1, -0.05) is 54.1 Å². The van der Waals surface area contributed by atoms with Crippen LogP contribution < -0.4 is 24.9 Å². The minimum Gasteiger partial charge on any atom is -0.367 e. The Bertz CT molecular complexity index is 5350. The Labute approximate surface area is 722 Å². The van der Waals surface area contributed by atoms with Crippen LogP contribution in [0.4, 0.5) is 31.5 Å². The summed E-state index contributed by atoms with van der Waals surface area (Å²) in [6, 6.07) is 40.3. The van der Waals surface area contributed by atoms with Gasteiger partial charge in [-0.25, -0.2) is 28.7 Å². The molecule has 0 saturated carbocycles. The Balaban J connectivity index is 0.000000116. The maximum absolute atomic E-state index is 14.9. The smallest absolute Gasteiger partial charge is 0.124 e. The number of likely N-dealkylation sites (tertiary alicyclic amines) is 3. The van der Waals surface area contributed by atoms with Crippen molar-refractivity contribution in [2.75, 3.05) is 174 Å². The fraction of sp³-hybridized carbons (Fsp3) is 0.495. The molecule has 27 heteroatoms. The van der Waals surface area contributed by atoms with Crippen LogP contribution in [0.5, 0.6) is 0 Å². The molecule has 24 nitrogen and oxygen atoms in total. The topological polar surface area (TPSA) is 214 Å². The monoisotopic (exact) mass is 1670 g/mol. The molecule has 8 saturated heterocycles. The summed E-state index contributed by atoms with van der Waals surface area (Å²) in [7, 11) is 15.1. The molecule has 12 aromatic rings. The van der Waals surface area contributed by atoms with Gasteiger partial charge >= 0.3 is 0 Å². The summed E-state index contributed by atoms with van der Waals surface area (Å²) in [6.07, 6.45) is 14.2. The molecule has 4 aromatic carbocycles. The predicted octanol–water partition coefficient (Wildman–Crippen LogP) is 15.9. The zero-order valence-corrected chi connectivity index (χ0v) is 73.8. The molecule has 8 fully saturated rings. The lowest BCUT2D eigenvalue weighted by Crippen LogP contribution is -2.44. The number of alkyl halides is 2. The minimum absolute atomic E-state index is 0.0553. The van der Waals surface area contributed by atoms with Gasteiger partial charge in [0.05, 0.1) is 116 Å². The van der Waals surface area contributed by atoms with Crippen LogP contribution >= 0.6 is 11.6 Å². The summed E-state index contributed by atoms with van der Waals surface area (Å²) >= 11 is 6.40. The standard InChI is InChI=1S/C24H31ClN6.2C24H31FN6.C23H30N6/c1-16-17(25)10-11-26-22(16)19-7-5-9-21(30(19)3)24-27-18-6-4-8-20(23(18)28-24)31-14-12-29(2)13-15-31;2*1-16-6-5-9-26-22(16)20-14-17(25)15-21(30(20)3)24-27-18-7-4-8-19(23(18)28-24)31-12-10-29(2)11-13-31;1-16-6-5-11-24-21(16)17-7-3-9-19(25-17)23-26-18-8-4-10-20(22(18)27-23)29-14-12-28(2)13-15-29/h4,6,8,10-11,19,21H,5,7,9,12-15H2,1-3H3,(H,27,28);2*4-9,17,20-21H,10-15H2,1-3H3,(H,27,28);4-6,8,10-11,17,19,25H,3,7,9,12-15H2,1-2H3,(H,26,27)/t19-,21+;17-,20+,21-;17-,20-,21+;17-,19+/m0100/s1. The van der Waals surface area contributed by atoms with Crippen LogP contribution in [0.1, 0.15) is 181 Å². The number of imidazole rings is 4. The van der Waals surface area contributed by atoms with E-state index in [9.17, 15) is 8.78 Å².